The molecule has 0 aliphatic heterocycles. The Hall–Kier alpha value is -2.03. The first kappa shape index (κ1) is 11.1. The lowest BCUT2D eigenvalue weighted by molar-refractivity contribution is 0.415. The molecular formula is C15H16N2O. The van der Waals surface area contributed by atoms with Crippen LogP contribution in [0.3, 0.4) is 0 Å². The maximum absolute atomic E-state index is 5.28. The summed E-state index contributed by atoms with van der Waals surface area (Å²) in [7, 11) is 1.68. The molecule has 18 heavy (non-hydrogen) atoms. The lowest BCUT2D eigenvalue weighted by atomic mass is 10.1. The van der Waals surface area contributed by atoms with Gasteiger partial charge in [0.05, 0.1) is 29.4 Å². The van der Waals surface area contributed by atoms with Crippen LogP contribution in [0.2, 0.25) is 0 Å². The maximum Gasteiger partial charge on any atom is 0.121 e. The third-order valence-corrected chi connectivity index (χ3v) is 3.24. The first-order valence-electron chi connectivity index (χ1n) is 6.15. The van der Waals surface area contributed by atoms with Gasteiger partial charge in [0.1, 0.15) is 5.75 Å². The van der Waals surface area contributed by atoms with Crippen molar-refractivity contribution in [3.05, 3.63) is 42.2 Å². The smallest absolute Gasteiger partial charge is 0.121 e. The van der Waals surface area contributed by atoms with Crippen LogP contribution in [0.5, 0.6) is 5.75 Å². The zero-order chi connectivity index (χ0) is 12.7. The van der Waals surface area contributed by atoms with Crippen molar-refractivity contribution in [3.8, 4) is 5.75 Å². The number of ether oxygens (including phenoxy) is 1. The average molecular weight is 240 g/mol. The van der Waals surface area contributed by atoms with Gasteiger partial charge in [0.2, 0.25) is 0 Å². The highest BCUT2D eigenvalue weighted by Crippen LogP contribution is 2.26. The van der Waals surface area contributed by atoms with Crippen LogP contribution in [-0.4, -0.2) is 16.5 Å². The van der Waals surface area contributed by atoms with Gasteiger partial charge in [-0.1, -0.05) is 13.8 Å². The van der Waals surface area contributed by atoms with E-state index in [0.717, 1.165) is 22.5 Å². The van der Waals surface area contributed by atoms with Gasteiger partial charge in [0.25, 0.3) is 0 Å². The molecule has 0 fully saturated rings. The third-order valence-electron chi connectivity index (χ3n) is 3.24. The molecule has 0 aliphatic carbocycles. The van der Waals surface area contributed by atoms with Crippen molar-refractivity contribution in [2.75, 3.05) is 7.11 Å². The molecule has 92 valence electrons. The van der Waals surface area contributed by atoms with Crippen molar-refractivity contribution in [2.24, 2.45) is 0 Å². The van der Waals surface area contributed by atoms with Crippen LogP contribution in [0.25, 0.3) is 16.6 Å². The van der Waals surface area contributed by atoms with Gasteiger partial charge in [0, 0.05) is 12.3 Å². The fourth-order valence-electron chi connectivity index (χ4n) is 2.33. The highest BCUT2D eigenvalue weighted by atomic mass is 16.5. The van der Waals surface area contributed by atoms with Gasteiger partial charge < -0.3 is 9.14 Å². The summed E-state index contributed by atoms with van der Waals surface area (Å²) in [4.78, 5) is 4.77. The molecule has 3 aromatic rings. The maximum atomic E-state index is 5.28. The van der Waals surface area contributed by atoms with Crippen LogP contribution in [0.4, 0.5) is 0 Å². The van der Waals surface area contributed by atoms with Crippen LogP contribution in [0.1, 0.15) is 25.5 Å². The second kappa shape index (κ2) is 4.02. The minimum atomic E-state index is 0.411. The molecular weight excluding hydrogens is 224 g/mol. The molecule has 3 rings (SSSR count). The summed E-state index contributed by atoms with van der Waals surface area (Å²) in [5, 5.41) is 0. The second-order valence-corrected chi connectivity index (χ2v) is 4.77. The van der Waals surface area contributed by atoms with E-state index in [0.29, 0.717) is 5.92 Å². The van der Waals surface area contributed by atoms with Gasteiger partial charge in [0.15, 0.2) is 0 Å². The zero-order valence-corrected chi connectivity index (χ0v) is 10.8. The first-order chi connectivity index (χ1) is 8.70. The summed E-state index contributed by atoms with van der Waals surface area (Å²) < 4.78 is 7.47. The second-order valence-electron chi connectivity index (χ2n) is 4.77. The van der Waals surface area contributed by atoms with Crippen LogP contribution < -0.4 is 4.74 Å². The highest BCUT2D eigenvalue weighted by Gasteiger charge is 2.11. The predicted molar refractivity (Wildman–Crippen MR) is 73.3 cm³/mol. The molecule has 0 unspecified atom stereocenters. The van der Waals surface area contributed by atoms with E-state index in [9.17, 15) is 0 Å². The topological polar surface area (TPSA) is 26.5 Å². The monoisotopic (exact) mass is 240 g/mol. The molecule has 1 aromatic carbocycles. The number of methoxy groups -OCH3 is 1. The van der Waals surface area contributed by atoms with E-state index in [-0.39, 0.29) is 0 Å². The Bertz CT molecular complexity index is 713. The number of nitrogens with zero attached hydrogens (tertiary/aromatic N) is 2. The molecule has 0 spiro atoms. The van der Waals surface area contributed by atoms with E-state index in [1.54, 1.807) is 7.11 Å². The molecule has 3 nitrogen and oxygen atoms in total. The van der Waals surface area contributed by atoms with Gasteiger partial charge in [-0.05, 0) is 30.2 Å². The summed E-state index contributed by atoms with van der Waals surface area (Å²) in [6.07, 6.45) is 2.07. The van der Waals surface area contributed by atoms with Crippen molar-refractivity contribution < 1.29 is 4.74 Å². The molecule has 0 N–H and O–H groups in total. The van der Waals surface area contributed by atoms with Gasteiger partial charge >= 0.3 is 0 Å². The first-order valence-corrected chi connectivity index (χ1v) is 6.15. The molecule has 2 heterocycles. The number of hydrogen-bond donors (Lipinski definition) is 0. The molecule has 0 bridgehead atoms. The van der Waals surface area contributed by atoms with E-state index in [1.807, 2.05) is 18.2 Å². The average Bonchev–Trinajstić information content (AvgIpc) is 2.86. The quantitative estimate of drug-likeness (QED) is 0.684. The molecule has 0 atom stereocenters. The van der Waals surface area contributed by atoms with Crippen molar-refractivity contribution in [1.82, 2.24) is 9.38 Å². The molecule has 0 saturated heterocycles. The molecule has 0 amide bonds. The molecule has 0 radical (unpaired) electrons. The van der Waals surface area contributed by atoms with E-state index in [4.69, 9.17) is 9.72 Å². The van der Waals surface area contributed by atoms with Crippen LogP contribution >= 0.6 is 0 Å². The Morgan fingerprint density at radius 1 is 1.17 bits per heavy atom. The van der Waals surface area contributed by atoms with E-state index in [1.165, 1.54) is 5.52 Å². The fraction of sp³-hybridized carbons (Fsp3) is 0.267. The number of aromatic nitrogens is 2. The third kappa shape index (κ3) is 1.55. The van der Waals surface area contributed by atoms with Crippen molar-refractivity contribution in [1.29, 1.82) is 0 Å². The largest absolute Gasteiger partial charge is 0.497 e. The number of hydrogen-bond acceptors (Lipinski definition) is 2. The van der Waals surface area contributed by atoms with E-state index >= 15 is 0 Å². The Balaban J connectivity index is 2.44. The predicted octanol–water partition coefficient (Wildman–Crippen LogP) is 3.62. The number of benzene rings is 1. The highest BCUT2D eigenvalue weighted by molar-refractivity contribution is 5.81. The lowest BCUT2D eigenvalue weighted by Gasteiger charge is -2.11. The van der Waals surface area contributed by atoms with Crippen LogP contribution in [0, 0.1) is 0 Å². The summed E-state index contributed by atoms with van der Waals surface area (Å²) >= 11 is 0. The molecule has 3 heteroatoms. The number of fused-ring (bicyclic) bond motifs is 3. The number of rotatable bonds is 2. The standard InChI is InChI=1S/C15H16N2O/c1-10(2)15-13-5-4-8-17(13)14-9-11(18-3)6-7-12(14)16-15/h4-10H,1-3H3. The molecule has 2 aromatic heterocycles. The van der Waals surface area contributed by atoms with Crippen LogP contribution in [0.15, 0.2) is 36.5 Å². The summed E-state index contributed by atoms with van der Waals surface area (Å²) in [6.45, 7) is 4.34. The van der Waals surface area contributed by atoms with Crippen molar-refractivity contribution in [2.45, 2.75) is 19.8 Å². The van der Waals surface area contributed by atoms with Crippen molar-refractivity contribution >= 4 is 16.6 Å². The zero-order valence-electron chi connectivity index (χ0n) is 10.8. The minimum absolute atomic E-state index is 0.411. The van der Waals surface area contributed by atoms with E-state index in [2.05, 4.69) is 36.6 Å². The van der Waals surface area contributed by atoms with Gasteiger partial charge in [-0.2, -0.15) is 0 Å². The summed E-state index contributed by atoms with van der Waals surface area (Å²) in [5.74, 6) is 1.27. The lowest BCUT2D eigenvalue weighted by Crippen LogP contribution is -2.00. The molecule has 0 saturated carbocycles. The SMILES string of the molecule is COc1ccc2nc(C(C)C)c3cccn3c2c1. The van der Waals surface area contributed by atoms with Gasteiger partial charge in [-0.15, -0.1) is 0 Å². The minimum Gasteiger partial charge on any atom is -0.497 e. The molecule has 0 aliphatic rings. The van der Waals surface area contributed by atoms with Gasteiger partial charge in [-0.3, -0.25) is 0 Å². The fourth-order valence-corrected chi connectivity index (χ4v) is 2.33. The van der Waals surface area contributed by atoms with Crippen molar-refractivity contribution in [3.63, 3.8) is 0 Å². The summed E-state index contributed by atoms with van der Waals surface area (Å²) in [6, 6.07) is 10.2. The Labute approximate surface area is 106 Å². The van der Waals surface area contributed by atoms with E-state index < -0.39 is 0 Å². The Morgan fingerprint density at radius 3 is 2.72 bits per heavy atom. The normalized spacial score (nSPS) is 11.6. The Morgan fingerprint density at radius 2 is 2.00 bits per heavy atom. The summed E-state index contributed by atoms with van der Waals surface area (Å²) in [5.41, 5.74) is 4.39. The Kier molecular flexibility index (Phi) is 2.47. The van der Waals surface area contributed by atoms with Gasteiger partial charge in [-0.25, -0.2) is 4.98 Å². The van der Waals surface area contributed by atoms with Crippen LogP contribution in [-0.2, 0) is 0 Å².